The molecule has 0 aliphatic carbocycles. The molecule has 0 saturated heterocycles. The molecule has 0 fully saturated rings. The smallest absolute Gasteiger partial charge is 0.260 e. The van der Waals surface area contributed by atoms with Crippen LogP contribution in [0, 0.1) is 18.6 Å². The molecule has 0 atom stereocenters. The Balaban J connectivity index is 1.62. The SMILES string of the molecule is COc1cncc(-c2nc(-c3ccc(Oc4ccccc4F)c(F)c3)no2)c1C. The Morgan fingerprint density at radius 1 is 0.931 bits per heavy atom. The van der Waals surface area contributed by atoms with E-state index in [9.17, 15) is 8.78 Å². The molecule has 0 aliphatic heterocycles. The van der Waals surface area contributed by atoms with E-state index in [1.807, 2.05) is 6.92 Å². The molecule has 2 aromatic heterocycles. The van der Waals surface area contributed by atoms with E-state index in [4.69, 9.17) is 14.0 Å². The van der Waals surface area contributed by atoms with Crippen LogP contribution >= 0.6 is 0 Å². The molecule has 0 amide bonds. The average Bonchev–Trinajstić information content (AvgIpc) is 3.21. The van der Waals surface area contributed by atoms with Crippen molar-refractivity contribution in [3.05, 3.63) is 72.1 Å². The normalized spacial score (nSPS) is 10.8. The first kappa shape index (κ1) is 18.5. The maximum Gasteiger partial charge on any atom is 0.260 e. The zero-order valence-corrected chi connectivity index (χ0v) is 15.5. The van der Waals surface area contributed by atoms with Crippen LogP contribution in [0.1, 0.15) is 5.56 Å². The summed E-state index contributed by atoms with van der Waals surface area (Å²) in [6.45, 7) is 1.84. The molecule has 0 unspecified atom stereocenters. The van der Waals surface area contributed by atoms with Gasteiger partial charge in [-0.2, -0.15) is 4.98 Å². The first-order chi connectivity index (χ1) is 14.1. The van der Waals surface area contributed by atoms with Crippen LogP contribution in [0.2, 0.25) is 0 Å². The van der Waals surface area contributed by atoms with Crippen molar-refractivity contribution < 1.29 is 22.8 Å². The van der Waals surface area contributed by atoms with Crippen LogP contribution in [0.5, 0.6) is 17.2 Å². The zero-order chi connectivity index (χ0) is 20.4. The van der Waals surface area contributed by atoms with Gasteiger partial charge in [-0.05, 0) is 37.3 Å². The Kier molecular flexibility index (Phi) is 4.90. The summed E-state index contributed by atoms with van der Waals surface area (Å²) in [6.07, 6.45) is 3.17. The van der Waals surface area contributed by atoms with Gasteiger partial charge in [-0.15, -0.1) is 0 Å². The van der Waals surface area contributed by atoms with Crippen molar-refractivity contribution >= 4 is 0 Å². The van der Waals surface area contributed by atoms with Gasteiger partial charge in [0.05, 0.1) is 18.9 Å². The molecule has 29 heavy (non-hydrogen) atoms. The molecular weight excluding hydrogens is 380 g/mol. The van der Waals surface area contributed by atoms with Crippen molar-refractivity contribution in [2.24, 2.45) is 0 Å². The zero-order valence-electron chi connectivity index (χ0n) is 15.5. The number of para-hydroxylation sites is 1. The number of pyridine rings is 1. The van der Waals surface area contributed by atoms with E-state index in [0.717, 1.165) is 5.56 Å². The molecule has 0 N–H and O–H groups in total. The Bertz CT molecular complexity index is 1180. The number of aromatic nitrogens is 3. The number of halogens is 2. The van der Waals surface area contributed by atoms with Crippen LogP contribution in [0.25, 0.3) is 22.8 Å². The molecule has 8 heteroatoms. The summed E-state index contributed by atoms with van der Waals surface area (Å²) in [4.78, 5) is 8.40. The van der Waals surface area contributed by atoms with E-state index in [1.54, 1.807) is 31.6 Å². The first-order valence-corrected chi connectivity index (χ1v) is 8.62. The first-order valence-electron chi connectivity index (χ1n) is 8.62. The van der Waals surface area contributed by atoms with Crippen molar-refractivity contribution in [1.82, 2.24) is 15.1 Å². The number of nitrogens with zero attached hydrogens (tertiary/aromatic N) is 3. The van der Waals surface area contributed by atoms with Crippen molar-refractivity contribution in [2.45, 2.75) is 6.92 Å². The van der Waals surface area contributed by atoms with Gasteiger partial charge in [-0.3, -0.25) is 4.98 Å². The van der Waals surface area contributed by atoms with E-state index in [1.165, 1.54) is 30.3 Å². The van der Waals surface area contributed by atoms with Gasteiger partial charge in [-0.25, -0.2) is 8.78 Å². The summed E-state index contributed by atoms with van der Waals surface area (Å²) in [7, 11) is 1.54. The standard InChI is InChI=1S/C21H15F2N3O3/c1-12-14(10-24-11-19(12)27-2)21-25-20(26-29-21)13-7-8-18(16(23)9-13)28-17-6-4-3-5-15(17)22/h3-11H,1-2H3. The van der Waals surface area contributed by atoms with Crippen molar-refractivity contribution in [1.29, 1.82) is 0 Å². The lowest BCUT2D eigenvalue weighted by Crippen LogP contribution is -1.93. The van der Waals surface area contributed by atoms with Gasteiger partial charge in [0.15, 0.2) is 23.1 Å². The number of benzene rings is 2. The second-order valence-corrected chi connectivity index (χ2v) is 6.12. The maximum atomic E-state index is 14.5. The van der Waals surface area contributed by atoms with E-state index in [-0.39, 0.29) is 23.2 Å². The fourth-order valence-electron chi connectivity index (χ4n) is 2.75. The minimum absolute atomic E-state index is 0.0676. The molecule has 6 nitrogen and oxygen atoms in total. The van der Waals surface area contributed by atoms with E-state index >= 15 is 0 Å². The van der Waals surface area contributed by atoms with Crippen LogP contribution in [0.4, 0.5) is 8.78 Å². The van der Waals surface area contributed by atoms with Gasteiger partial charge in [0, 0.05) is 17.3 Å². The van der Waals surface area contributed by atoms with E-state index < -0.39 is 11.6 Å². The molecule has 4 rings (SSSR count). The third-order valence-corrected chi connectivity index (χ3v) is 4.29. The number of rotatable bonds is 5. The molecule has 4 aromatic rings. The Labute approximate surface area is 164 Å². The number of methoxy groups -OCH3 is 1. The van der Waals surface area contributed by atoms with Gasteiger partial charge in [0.1, 0.15) is 5.75 Å². The molecule has 0 saturated carbocycles. The fourth-order valence-corrected chi connectivity index (χ4v) is 2.75. The number of ether oxygens (including phenoxy) is 2. The third-order valence-electron chi connectivity index (χ3n) is 4.29. The number of hydrogen-bond donors (Lipinski definition) is 0. The van der Waals surface area contributed by atoms with Gasteiger partial charge >= 0.3 is 0 Å². The summed E-state index contributed by atoms with van der Waals surface area (Å²) in [5, 5.41) is 3.91. The summed E-state index contributed by atoms with van der Waals surface area (Å²) in [5.41, 5.74) is 1.78. The van der Waals surface area contributed by atoms with Crippen molar-refractivity contribution in [3.8, 4) is 40.1 Å². The highest BCUT2D eigenvalue weighted by Gasteiger charge is 2.17. The molecule has 2 aromatic carbocycles. The van der Waals surface area contributed by atoms with Gasteiger partial charge in [0.25, 0.3) is 5.89 Å². The predicted molar refractivity (Wildman–Crippen MR) is 101 cm³/mol. The van der Waals surface area contributed by atoms with Crippen molar-refractivity contribution in [3.63, 3.8) is 0 Å². The van der Waals surface area contributed by atoms with Gasteiger partial charge < -0.3 is 14.0 Å². The minimum Gasteiger partial charge on any atom is -0.495 e. The fraction of sp³-hybridized carbons (Fsp3) is 0.0952. The maximum absolute atomic E-state index is 14.5. The largest absolute Gasteiger partial charge is 0.495 e. The van der Waals surface area contributed by atoms with Crippen LogP contribution < -0.4 is 9.47 Å². The predicted octanol–water partition coefficient (Wildman–Crippen LogP) is 5.19. The second-order valence-electron chi connectivity index (χ2n) is 6.12. The van der Waals surface area contributed by atoms with Crippen LogP contribution in [0.15, 0.2) is 59.4 Å². The Morgan fingerprint density at radius 2 is 1.72 bits per heavy atom. The molecule has 146 valence electrons. The highest BCUT2D eigenvalue weighted by Crippen LogP contribution is 2.32. The van der Waals surface area contributed by atoms with Crippen LogP contribution in [0.3, 0.4) is 0 Å². The van der Waals surface area contributed by atoms with Crippen LogP contribution in [-0.4, -0.2) is 22.2 Å². The lowest BCUT2D eigenvalue weighted by molar-refractivity contribution is 0.408. The van der Waals surface area contributed by atoms with E-state index in [0.29, 0.717) is 16.9 Å². The molecule has 0 spiro atoms. The van der Waals surface area contributed by atoms with Crippen LogP contribution in [-0.2, 0) is 0 Å². The van der Waals surface area contributed by atoms with E-state index in [2.05, 4.69) is 15.1 Å². The lowest BCUT2D eigenvalue weighted by Gasteiger charge is -2.08. The molecular formula is C21H15F2N3O3. The average molecular weight is 395 g/mol. The highest BCUT2D eigenvalue weighted by atomic mass is 19.1. The lowest BCUT2D eigenvalue weighted by atomic mass is 10.1. The second kappa shape index (κ2) is 7.67. The van der Waals surface area contributed by atoms with Gasteiger partial charge in [0.2, 0.25) is 5.82 Å². The summed E-state index contributed by atoms with van der Waals surface area (Å²) in [5.74, 6) is -0.438. The Hall–Kier alpha value is -3.81. The molecule has 0 bridgehead atoms. The molecule has 0 radical (unpaired) electrons. The number of hydrogen-bond acceptors (Lipinski definition) is 6. The summed E-state index contributed by atoms with van der Waals surface area (Å²) >= 11 is 0. The summed E-state index contributed by atoms with van der Waals surface area (Å²) < 4.78 is 44.1. The highest BCUT2D eigenvalue weighted by molar-refractivity contribution is 5.64. The minimum atomic E-state index is -0.684. The summed E-state index contributed by atoms with van der Waals surface area (Å²) in [6, 6.07) is 9.91. The van der Waals surface area contributed by atoms with Gasteiger partial charge in [-0.1, -0.05) is 17.3 Å². The molecule has 2 heterocycles. The monoisotopic (exact) mass is 395 g/mol. The third kappa shape index (κ3) is 3.64. The van der Waals surface area contributed by atoms with Crippen molar-refractivity contribution in [2.75, 3.05) is 7.11 Å². The Morgan fingerprint density at radius 3 is 2.48 bits per heavy atom. The molecule has 0 aliphatic rings. The quantitative estimate of drug-likeness (QED) is 0.463. The topological polar surface area (TPSA) is 70.3 Å².